The second-order valence-corrected chi connectivity index (χ2v) is 6.11. The van der Waals surface area contributed by atoms with Crippen LogP contribution >= 0.6 is 0 Å². The second kappa shape index (κ2) is 7.48. The van der Waals surface area contributed by atoms with Crippen molar-refractivity contribution in [3.63, 3.8) is 0 Å². The van der Waals surface area contributed by atoms with Crippen LogP contribution in [0, 0.1) is 0 Å². The fraction of sp³-hybridized carbons (Fsp3) is 0.389. The third-order valence-electron chi connectivity index (χ3n) is 4.27. The number of hydrogen-bond acceptors (Lipinski definition) is 6. The zero-order valence-corrected chi connectivity index (χ0v) is 14.1. The molecule has 0 radical (unpaired) electrons. The molecular weight excluding hydrogens is 322 g/mol. The summed E-state index contributed by atoms with van der Waals surface area (Å²) in [5.74, 6) is 0.235. The topological polar surface area (TPSA) is 95.8 Å². The van der Waals surface area contributed by atoms with Gasteiger partial charge in [0.15, 0.2) is 0 Å². The molecule has 1 saturated heterocycles. The van der Waals surface area contributed by atoms with Gasteiger partial charge in [0.05, 0.1) is 19.6 Å². The SMILES string of the molecule is COc1ccc(-c2cnc(N3CCCC(O)C3)nc2)cc1CC(=O)O. The van der Waals surface area contributed by atoms with E-state index in [9.17, 15) is 9.90 Å². The largest absolute Gasteiger partial charge is 0.496 e. The minimum absolute atomic E-state index is 0.110. The maximum Gasteiger partial charge on any atom is 0.307 e. The number of aliphatic hydroxyl groups is 1. The number of aliphatic carboxylic acids is 1. The first-order valence-electron chi connectivity index (χ1n) is 8.21. The van der Waals surface area contributed by atoms with Gasteiger partial charge in [-0.1, -0.05) is 6.07 Å². The van der Waals surface area contributed by atoms with E-state index in [1.807, 2.05) is 11.0 Å². The molecular formula is C18H21N3O4. The van der Waals surface area contributed by atoms with Crippen molar-refractivity contribution in [2.45, 2.75) is 25.4 Å². The summed E-state index contributed by atoms with van der Waals surface area (Å²) >= 11 is 0. The third-order valence-corrected chi connectivity index (χ3v) is 4.27. The molecule has 0 saturated carbocycles. The van der Waals surface area contributed by atoms with Crippen molar-refractivity contribution in [1.29, 1.82) is 0 Å². The number of carboxylic acid groups (broad SMARTS) is 1. The average Bonchev–Trinajstić information content (AvgIpc) is 2.61. The second-order valence-electron chi connectivity index (χ2n) is 6.11. The van der Waals surface area contributed by atoms with E-state index in [1.54, 1.807) is 24.5 Å². The van der Waals surface area contributed by atoms with Crippen LogP contribution in [0.3, 0.4) is 0 Å². The van der Waals surface area contributed by atoms with Crippen molar-refractivity contribution >= 4 is 11.9 Å². The highest BCUT2D eigenvalue weighted by Gasteiger charge is 2.19. The molecule has 132 valence electrons. The Balaban J connectivity index is 1.83. The van der Waals surface area contributed by atoms with Crippen molar-refractivity contribution in [2.24, 2.45) is 0 Å². The van der Waals surface area contributed by atoms with Gasteiger partial charge in [-0.15, -0.1) is 0 Å². The van der Waals surface area contributed by atoms with Gasteiger partial charge in [-0.05, 0) is 30.5 Å². The van der Waals surface area contributed by atoms with Gasteiger partial charge in [-0.2, -0.15) is 0 Å². The summed E-state index contributed by atoms with van der Waals surface area (Å²) in [5, 5.41) is 18.8. The fourth-order valence-electron chi connectivity index (χ4n) is 3.03. The molecule has 1 aliphatic rings. The predicted octanol–water partition coefficient (Wildman–Crippen LogP) is 1.74. The molecule has 1 atom stereocenters. The van der Waals surface area contributed by atoms with Crippen LogP contribution < -0.4 is 9.64 Å². The standard InChI is InChI=1S/C18H21N3O4/c1-25-16-5-4-12(7-13(16)8-17(23)24)14-9-19-18(20-10-14)21-6-2-3-15(22)11-21/h4-5,7,9-10,15,22H,2-3,6,8,11H2,1H3,(H,23,24). The summed E-state index contributed by atoms with van der Waals surface area (Å²) in [4.78, 5) is 21.8. The first-order valence-corrected chi connectivity index (χ1v) is 8.21. The van der Waals surface area contributed by atoms with Crippen molar-refractivity contribution in [3.05, 3.63) is 36.2 Å². The van der Waals surface area contributed by atoms with Gasteiger partial charge >= 0.3 is 5.97 Å². The van der Waals surface area contributed by atoms with E-state index in [2.05, 4.69) is 9.97 Å². The Bertz CT molecular complexity index is 748. The summed E-state index contributed by atoms with van der Waals surface area (Å²) in [7, 11) is 1.52. The highest BCUT2D eigenvalue weighted by atomic mass is 16.5. The van der Waals surface area contributed by atoms with Gasteiger partial charge in [0.1, 0.15) is 5.75 Å². The molecule has 2 heterocycles. The molecule has 7 nitrogen and oxygen atoms in total. The number of β-amino-alcohol motifs (C(OH)–C–C–N with tert-alkyl or cyclic N) is 1. The molecule has 1 aliphatic heterocycles. The van der Waals surface area contributed by atoms with Gasteiger partial charge in [0, 0.05) is 36.6 Å². The number of carboxylic acids is 1. The Morgan fingerprint density at radius 1 is 1.32 bits per heavy atom. The van der Waals surface area contributed by atoms with Crippen LogP contribution in [-0.2, 0) is 11.2 Å². The van der Waals surface area contributed by atoms with Crippen molar-refractivity contribution in [1.82, 2.24) is 9.97 Å². The normalized spacial score (nSPS) is 17.4. The number of piperidine rings is 1. The maximum atomic E-state index is 11.0. The van der Waals surface area contributed by atoms with Crippen molar-refractivity contribution in [3.8, 4) is 16.9 Å². The molecule has 0 aliphatic carbocycles. The number of ether oxygens (including phenoxy) is 1. The minimum Gasteiger partial charge on any atom is -0.496 e. The molecule has 0 bridgehead atoms. The molecule has 0 spiro atoms. The number of methoxy groups -OCH3 is 1. The number of aliphatic hydroxyl groups excluding tert-OH is 1. The number of carbonyl (C=O) groups is 1. The van der Waals surface area contributed by atoms with Gasteiger partial charge in [0.25, 0.3) is 0 Å². The van der Waals surface area contributed by atoms with Crippen LogP contribution in [0.15, 0.2) is 30.6 Å². The Morgan fingerprint density at radius 3 is 2.72 bits per heavy atom. The summed E-state index contributed by atoms with van der Waals surface area (Å²) in [6.07, 6.45) is 4.72. The van der Waals surface area contributed by atoms with Crippen LogP contribution in [0.25, 0.3) is 11.1 Å². The Kier molecular flexibility index (Phi) is 5.14. The number of hydrogen-bond donors (Lipinski definition) is 2. The number of nitrogens with zero attached hydrogens (tertiary/aromatic N) is 3. The lowest BCUT2D eigenvalue weighted by atomic mass is 10.0. The Morgan fingerprint density at radius 2 is 2.08 bits per heavy atom. The lowest BCUT2D eigenvalue weighted by Crippen LogP contribution is -2.39. The van der Waals surface area contributed by atoms with Gasteiger partial charge < -0.3 is 19.8 Å². The molecule has 1 fully saturated rings. The number of benzene rings is 1. The molecule has 7 heteroatoms. The quantitative estimate of drug-likeness (QED) is 0.853. The van der Waals surface area contributed by atoms with Gasteiger partial charge in [-0.25, -0.2) is 9.97 Å². The number of aromatic nitrogens is 2. The molecule has 1 aromatic heterocycles. The van der Waals surface area contributed by atoms with E-state index in [-0.39, 0.29) is 12.5 Å². The zero-order valence-electron chi connectivity index (χ0n) is 14.1. The van der Waals surface area contributed by atoms with Crippen molar-refractivity contribution < 1.29 is 19.7 Å². The predicted molar refractivity (Wildman–Crippen MR) is 92.8 cm³/mol. The van der Waals surface area contributed by atoms with E-state index >= 15 is 0 Å². The highest BCUT2D eigenvalue weighted by Crippen LogP contribution is 2.27. The third kappa shape index (κ3) is 4.06. The molecule has 3 rings (SSSR count). The number of anilines is 1. The summed E-state index contributed by atoms with van der Waals surface area (Å²) < 4.78 is 5.22. The maximum absolute atomic E-state index is 11.0. The van der Waals surface area contributed by atoms with E-state index < -0.39 is 5.97 Å². The summed E-state index contributed by atoms with van der Waals surface area (Å²) in [6.45, 7) is 1.38. The van der Waals surface area contributed by atoms with Gasteiger partial charge in [0.2, 0.25) is 5.95 Å². The highest BCUT2D eigenvalue weighted by molar-refractivity contribution is 5.73. The molecule has 1 unspecified atom stereocenters. The molecule has 0 amide bonds. The van der Waals surface area contributed by atoms with Crippen LogP contribution in [0.1, 0.15) is 18.4 Å². The van der Waals surface area contributed by atoms with Crippen LogP contribution in [0.2, 0.25) is 0 Å². The summed E-state index contributed by atoms with van der Waals surface area (Å²) in [5.41, 5.74) is 2.24. The minimum atomic E-state index is -0.911. The van der Waals surface area contributed by atoms with E-state index in [0.717, 1.165) is 30.5 Å². The van der Waals surface area contributed by atoms with Crippen LogP contribution in [0.5, 0.6) is 5.75 Å². The Hall–Kier alpha value is -2.67. The van der Waals surface area contributed by atoms with Crippen molar-refractivity contribution in [2.75, 3.05) is 25.1 Å². The first-order chi connectivity index (χ1) is 12.1. The first kappa shape index (κ1) is 17.2. The molecule has 1 aromatic carbocycles. The number of rotatable bonds is 5. The van der Waals surface area contributed by atoms with E-state index in [0.29, 0.717) is 23.8 Å². The smallest absolute Gasteiger partial charge is 0.307 e. The fourth-order valence-corrected chi connectivity index (χ4v) is 3.03. The summed E-state index contributed by atoms with van der Waals surface area (Å²) in [6, 6.07) is 5.39. The van der Waals surface area contributed by atoms with E-state index in [1.165, 1.54) is 7.11 Å². The van der Waals surface area contributed by atoms with E-state index in [4.69, 9.17) is 9.84 Å². The zero-order chi connectivity index (χ0) is 17.8. The Labute approximate surface area is 145 Å². The molecule has 2 aromatic rings. The van der Waals surface area contributed by atoms with Crippen LogP contribution in [-0.4, -0.2) is 52.5 Å². The average molecular weight is 343 g/mol. The lowest BCUT2D eigenvalue weighted by molar-refractivity contribution is -0.136. The lowest BCUT2D eigenvalue weighted by Gasteiger charge is -2.29. The van der Waals surface area contributed by atoms with Gasteiger partial charge in [-0.3, -0.25) is 4.79 Å². The monoisotopic (exact) mass is 343 g/mol. The molecule has 2 N–H and O–H groups in total. The molecule has 25 heavy (non-hydrogen) atoms. The van der Waals surface area contributed by atoms with Crippen LogP contribution in [0.4, 0.5) is 5.95 Å².